The molecule has 7 heteroatoms. The van der Waals surface area contributed by atoms with E-state index in [2.05, 4.69) is 9.88 Å². The van der Waals surface area contributed by atoms with Gasteiger partial charge in [0.2, 0.25) is 5.95 Å². The van der Waals surface area contributed by atoms with Crippen LogP contribution in [0.3, 0.4) is 0 Å². The van der Waals surface area contributed by atoms with Gasteiger partial charge < -0.3 is 15.7 Å². The molecule has 1 atom stereocenters. The fourth-order valence-electron chi connectivity index (χ4n) is 3.87. The Morgan fingerprint density at radius 1 is 1.19 bits per heavy atom. The number of aliphatic hydroxyl groups is 1. The Balaban J connectivity index is 1.86. The van der Waals surface area contributed by atoms with Crippen molar-refractivity contribution in [2.24, 2.45) is 5.73 Å². The average molecular weight is 362 g/mol. The number of pyridine rings is 1. The van der Waals surface area contributed by atoms with Crippen molar-refractivity contribution >= 4 is 33.7 Å². The summed E-state index contributed by atoms with van der Waals surface area (Å²) in [6.45, 7) is 5.17. The van der Waals surface area contributed by atoms with E-state index in [4.69, 9.17) is 15.7 Å². The highest BCUT2D eigenvalue weighted by Crippen LogP contribution is 2.31. The Kier molecular flexibility index (Phi) is 3.41. The van der Waals surface area contributed by atoms with Gasteiger partial charge in [0.15, 0.2) is 5.65 Å². The average Bonchev–Trinajstić information content (AvgIpc) is 3.23. The summed E-state index contributed by atoms with van der Waals surface area (Å²) in [5.74, 6) is 0.686. The van der Waals surface area contributed by atoms with Crippen LogP contribution in [0.1, 0.15) is 25.8 Å². The quantitative estimate of drug-likeness (QED) is 0.568. The number of imidazole rings is 1. The van der Waals surface area contributed by atoms with Crippen LogP contribution in [0.5, 0.6) is 0 Å². The first kappa shape index (κ1) is 16.4. The van der Waals surface area contributed by atoms with Crippen molar-refractivity contribution in [1.29, 1.82) is 0 Å². The van der Waals surface area contributed by atoms with Gasteiger partial charge in [-0.25, -0.2) is 9.97 Å². The lowest BCUT2D eigenvalue weighted by molar-refractivity contribution is 0.0798. The molecule has 0 amide bonds. The van der Waals surface area contributed by atoms with Gasteiger partial charge in [-0.2, -0.15) is 4.98 Å². The molecule has 7 nitrogen and oxygen atoms in total. The van der Waals surface area contributed by atoms with E-state index in [9.17, 15) is 5.11 Å². The Bertz CT molecular complexity index is 1180. The number of para-hydroxylation sites is 2. The first-order valence-corrected chi connectivity index (χ1v) is 9.22. The topological polar surface area (TPSA) is 92.6 Å². The molecule has 138 valence electrons. The van der Waals surface area contributed by atoms with Crippen molar-refractivity contribution in [3.8, 4) is 0 Å². The highest BCUT2D eigenvalue weighted by Gasteiger charge is 2.26. The van der Waals surface area contributed by atoms with E-state index < -0.39 is 5.60 Å². The number of nitrogens with zero attached hydrogens (tertiary/aromatic N) is 5. The SMILES string of the molecule is CC(C)(O)c1cc2cnc(N3CCC(N)C3)nc2n2c1nc1ccccc12. The maximum absolute atomic E-state index is 10.7. The molecule has 4 aromatic rings. The number of hydrogen-bond donors (Lipinski definition) is 2. The van der Waals surface area contributed by atoms with Crippen LogP contribution in [0.15, 0.2) is 36.5 Å². The highest BCUT2D eigenvalue weighted by molar-refractivity contribution is 5.90. The predicted octanol–water partition coefficient (Wildman–Crippen LogP) is 2.20. The largest absolute Gasteiger partial charge is 0.386 e. The van der Waals surface area contributed by atoms with Crippen LogP contribution < -0.4 is 10.6 Å². The van der Waals surface area contributed by atoms with Crippen LogP contribution in [0, 0.1) is 0 Å². The lowest BCUT2D eigenvalue weighted by atomic mass is 9.99. The summed E-state index contributed by atoms with van der Waals surface area (Å²) < 4.78 is 2.03. The molecule has 3 aromatic heterocycles. The maximum atomic E-state index is 10.7. The molecule has 1 saturated heterocycles. The van der Waals surface area contributed by atoms with E-state index in [0.717, 1.165) is 52.8 Å². The molecule has 0 spiro atoms. The molecular weight excluding hydrogens is 340 g/mol. The second kappa shape index (κ2) is 5.61. The zero-order chi connectivity index (χ0) is 18.8. The van der Waals surface area contributed by atoms with Crippen molar-refractivity contribution < 1.29 is 5.11 Å². The van der Waals surface area contributed by atoms with Crippen molar-refractivity contribution in [3.63, 3.8) is 0 Å². The second-order valence-electron chi connectivity index (χ2n) is 7.82. The number of rotatable bonds is 2. The zero-order valence-corrected chi connectivity index (χ0v) is 15.4. The zero-order valence-electron chi connectivity index (χ0n) is 15.4. The summed E-state index contributed by atoms with van der Waals surface area (Å²) >= 11 is 0. The minimum absolute atomic E-state index is 0.163. The highest BCUT2D eigenvalue weighted by atomic mass is 16.3. The summed E-state index contributed by atoms with van der Waals surface area (Å²) in [5, 5.41) is 11.6. The lowest BCUT2D eigenvalue weighted by Crippen LogP contribution is -2.27. The van der Waals surface area contributed by atoms with Gasteiger partial charge in [0.05, 0.1) is 16.6 Å². The molecule has 0 saturated carbocycles. The standard InChI is InChI=1S/C20H22N6O/c1-20(2,27)14-9-12-10-22-19(25-8-7-13(21)11-25)24-17(12)26-16-6-4-3-5-15(16)23-18(14)26/h3-6,9-10,13,27H,7-8,11,21H2,1-2H3. The summed E-state index contributed by atoms with van der Waals surface area (Å²) in [5.41, 5.74) is 9.12. The monoisotopic (exact) mass is 362 g/mol. The van der Waals surface area contributed by atoms with E-state index in [1.165, 1.54) is 0 Å². The van der Waals surface area contributed by atoms with E-state index in [0.29, 0.717) is 5.95 Å². The molecule has 1 aliphatic rings. The first-order valence-electron chi connectivity index (χ1n) is 9.22. The summed E-state index contributed by atoms with van der Waals surface area (Å²) in [6, 6.07) is 10.1. The van der Waals surface area contributed by atoms with Gasteiger partial charge in [0, 0.05) is 36.3 Å². The normalized spacial score (nSPS) is 18.2. The Morgan fingerprint density at radius 2 is 2.00 bits per heavy atom. The third kappa shape index (κ3) is 2.54. The molecule has 0 radical (unpaired) electrons. The number of hydrogen-bond acceptors (Lipinski definition) is 6. The number of fused-ring (bicyclic) bond motifs is 5. The number of benzene rings is 1. The van der Waals surface area contributed by atoms with E-state index in [1.807, 2.05) is 40.9 Å². The molecule has 1 aliphatic heterocycles. The second-order valence-corrected chi connectivity index (χ2v) is 7.82. The maximum Gasteiger partial charge on any atom is 0.227 e. The first-order chi connectivity index (χ1) is 12.9. The molecule has 1 unspecified atom stereocenters. The van der Waals surface area contributed by atoms with Gasteiger partial charge in [-0.3, -0.25) is 4.40 Å². The molecule has 3 N–H and O–H groups in total. The number of nitrogens with two attached hydrogens (primary N) is 1. The van der Waals surface area contributed by atoms with Crippen LogP contribution in [0.25, 0.3) is 27.7 Å². The fourth-order valence-corrected chi connectivity index (χ4v) is 3.87. The van der Waals surface area contributed by atoms with Crippen LogP contribution in [-0.2, 0) is 5.60 Å². The van der Waals surface area contributed by atoms with Gasteiger partial charge in [-0.05, 0) is 38.5 Å². The molecule has 1 fully saturated rings. The van der Waals surface area contributed by atoms with E-state index in [-0.39, 0.29) is 6.04 Å². The molecule has 27 heavy (non-hydrogen) atoms. The van der Waals surface area contributed by atoms with Crippen molar-refractivity contribution in [2.45, 2.75) is 31.9 Å². The van der Waals surface area contributed by atoms with Gasteiger partial charge in [-0.15, -0.1) is 0 Å². The van der Waals surface area contributed by atoms with Crippen molar-refractivity contribution in [1.82, 2.24) is 19.4 Å². The number of aromatic nitrogens is 4. The van der Waals surface area contributed by atoms with Crippen LogP contribution in [0.2, 0.25) is 0 Å². The van der Waals surface area contributed by atoms with E-state index >= 15 is 0 Å². The minimum Gasteiger partial charge on any atom is -0.386 e. The summed E-state index contributed by atoms with van der Waals surface area (Å²) in [7, 11) is 0. The van der Waals surface area contributed by atoms with Crippen LogP contribution >= 0.6 is 0 Å². The summed E-state index contributed by atoms with van der Waals surface area (Å²) in [6.07, 6.45) is 2.77. The lowest BCUT2D eigenvalue weighted by Gasteiger charge is -2.20. The molecule has 5 rings (SSSR count). The molecule has 0 bridgehead atoms. The third-order valence-electron chi connectivity index (χ3n) is 5.26. The van der Waals surface area contributed by atoms with Crippen LogP contribution in [-0.4, -0.2) is 43.6 Å². The third-order valence-corrected chi connectivity index (χ3v) is 5.26. The minimum atomic E-state index is -1.03. The van der Waals surface area contributed by atoms with Gasteiger partial charge in [0.1, 0.15) is 5.65 Å². The Labute approximate surface area is 156 Å². The van der Waals surface area contributed by atoms with E-state index in [1.54, 1.807) is 13.8 Å². The number of anilines is 1. The fraction of sp³-hybridized carbons (Fsp3) is 0.350. The van der Waals surface area contributed by atoms with Crippen LogP contribution in [0.4, 0.5) is 5.95 Å². The Morgan fingerprint density at radius 3 is 2.74 bits per heavy atom. The van der Waals surface area contributed by atoms with Crippen molar-refractivity contribution in [2.75, 3.05) is 18.0 Å². The van der Waals surface area contributed by atoms with Gasteiger partial charge in [0.25, 0.3) is 0 Å². The predicted molar refractivity (Wildman–Crippen MR) is 106 cm³/mol. The Hall–Kier alpha value is -2.77. The molecule has 4 heterocycles. The molecule has 1 aromatic carbocycles. The molecular formula is C20H22N6O. The van der Waals surface area contributed by atoms with Gasteiger partial charge in [-0.1, -0.05) is 12.1 Å². The smallest absolute Gasteiger partial charge is 0.227 e. The molecule has 0 aliphatic carbocycles. The van der Waals surface area contributed by atoms with Crippen molar-refractivity contribution in [3.05, 3.63) is 42.1 Å². The van der Waals surface area contributed by atoms with Gasteiger partial charge >= 0.3 is 0 Å². The summed E-state index contributed by atoms with van der Waals surface area (Å²) in [4.78, 5) is 16.3.